The molecule has 0 bridgehead atoms. The molecule has 3 rings (SSSR count). The zero-order valence-electron chi connectivity index (χ0n) is 32.9. The van der Waals surface area contributed by atoms with Crippen LogP contribution in [0, 0.1) is 33.8 Å². The van der Waals surface area contributed by atoms with E-state index in [-0.39, 0.29) is 42.9 Å². The Labute approximate surface area is 312 Å². The number of ketones is 1. The molecule has 1 aromatic carbocycles. The van der Waals surface area contributed by atoms with Gasteiger partial charge in [0.2, 0.25) is 0 Å². The molecule has 15 nitrogen and oxygen atoms in total. The van der Waals surface area contributed by atoms with Crippen LogP contribution in [-0.4, -0.2) is 124 Å². The van der Waals surface area contributed by atoms with Crippen molar-refractivity contribution in [1.82, 2.24) is 4.90 Å². The molecular weight excluding hydrogens is 692 g/mol. The number of esters is 2. The van der Waals surface area contributed by atoms with Gasteiger partial charge in [0.15, 0.2) is 6.29 Å². The van der Waals surface area contributed by atoms with Gasteiger partial charge in [-0.05, 0) is 66.6 Å². The second-order valence-electron chi connectivity index (χ2n) is 15.6. The van der Waals surface area contributed by atoms with E-state index in [1.807, 2.05) is 25.9 Å². The van der Waals surface area contributed by atoms with Crippen molar-refractivity contribution in [2.75, 3.05) is 21.2 Å². The number of carbonyl (C=O) groups excluding carboxylic acids is 3. The van der Waals surface area contributed by atoms with Gasteiger partial charge in [-0.2, -0.15) is 0 Å². The minimum atomic E-state index is -2.03. The first kappa shape index (κ1) is 44.3. The summed E-state index contributed by atoms with van der Waals surface area (Å²) in [5.74, 6) is -5.86. The predicted octanol–water partition coefficient (Wildman–Crippen LogP) is 3.22. The van der Waals surface area contributed by atoms with Crippen LogP contribution in [-0.2, 0) is 44.5 Å². The molecule has 2 aliphatic rings. The van der Waals surface area contributed by atoms with Gasteiger partial charge in [0.1, 0.15) is 29.7 Å². The molecule has 0 unspecified atom stereocenters. The van der Waals surface area contributed by atoms with Gasteiger partial charge in [0.05, 0.1) is 41.2 Å². The van der Waals surface area contributed by atoms with Crippen LogP contribution in [0.5, 0.6) is 0 Å². The summed E-state index contributed by atoms with van der Waals surface area (Å²) in [6.45, 7) is 13.0. The lowest BCUT2D eigenvalue weighted by Gasteiger charge is -2.48. The summed E-state index contributed by atoms with van der Waals surface area (Å²) in [5.41, 5.74) is -3.09. The van der Waals surface area contributed by atoms with E-state index < -0.39 is 88.5 Å². The van der Waals surface area contributed by atoms with Crippen LogP contribution in [0.2, 0.25) is 0 Å². The van der Waals surface area contributed by atoms with Gasteiger partial charge in [-0.1, -0.05) is 39.8 Å². The van der Waals surface area contributed by atoms with E-state index in [1.54, 1.807) is 27.7 Å². The molecule has 2 aliphatic heterocycles. The fourth-order valence-electron chi connectivity index (χ4n) is 7.88. The number of ether oxygens (including phenoxy) is 5. The number of nitro benzene ring substituents is 1. The highest BCUT2D eigenvalue weighted by atomic mass is 16.7. The molecule has 1 aromatic rings. The summed E-state index contributed by atoms with van der Waals surface area (Å²) in [6.07, 6.45) is -7.46. The fourth-order valence-corrected chi connectivity index (χ4v) is 7.88. The number of cyclic esters (lactones) is 1. The van der Waals surface area contributed by atoms with Crippen molar-refractivity contribution in [1.29, 1.82) is 0 Å². The first-order valence-electron chi connectivity index (χ1n) is 18.4. The minimum absolute atomic E-state index is 0.0332. The molecular formula is C38H60N2O13. The maximum Gasteiger partial charge on any atom is 0.312 e. The number of non-ortho nitro benzene ring substituents is 1. The molecule has 2 saturated heterocycles. The highest BCUT2D eigenvalue weighted by molar-refractivity contribution is 5.83. The van der Waals surface area contributed by atoms with E-state index in [2.05, 4.69) is 0 Å². The number of likely N-dealkylation sites (N-methyl/N-ethyl adjacent to an activating group) is 1. The minimum Gasteiger partial charge on any atom is -0.461 e. The standard InChI is InChI=1S/C38H60N2O13/c1-12-28-38(8,46)33(44)22(4)30(42)20(2)19-37(7,49-11)34(53-36-31(43)27(39(9)10)17-21(3)50-36)23(5)32(24(6)35(45)51-28)52-29(41)18-25-13-15-26(16-14-25)40(47)48/h13-16,20-24,27-28,31-34,36,43-44,46H,12,17-19H2,1-11H3/t20-,21-,22+,23+,24-,27+,28-,31-,32+,33-,34-,36+,37-,38-/m1/s1. The molecule has 300 valence electrons. The summed E-state index contributed by atoms with van der Waals surface area (Å²) in [7, 11) is 5.11. The quantitative estimate of drug-likeness (QED) is 0.188. The Bertz CT molecular complexity index is 1420. The number of nitro groups is 1. The summed E-state index contributed by atoms with van der Waals surface area (Å²) in [6, 6.07) is 5.08. The van der Waals surface area contributed by atoms with Gasteiger partial charge in [-0.25, -0.2) is 0 Å². The Morgan fingerprint density at radius 1 is 1.06 bits per heavy atom. The lowest BCUT2D eigenvalue weighted by Crippen LogP contribution is -2.60. The van der Waals surface area contributed by atoms with Crippen LogP contribution in [0.3, 0.4) is 0 Å². The average Bonchev–Trinajstić information content (AvgIpc) is 3.10. The highest BCUT2D eigenvalue weighted by Crippen LogP contribution is 2.40. The number of Topliss-reactive ketones (excluding diaryl/α,β-unsaturated/α-hetero) is 1. The number of benzene rings is 1. The van der Waals surface area contributed by atoms with E-state index in [4.69, 9.17) is 23.7 Å². The zero-order valence-corrected chi connectivity index (χ0v) is 32.9. The van der Waals surface area contributed by atoms with Crippen LogP contribution in [0.15, 0.2) is 24.3 Å². The van der Waals surface area contributed by atoms with E-state index >= 15 is 0 Å². The van der Waals surface area contributed by atoms with Crippen molar-refractivity contribution in [3.05, 3.63) is 39.9 Å². The molecule has 0 saturated carbocycles. The number of methoxy groups -OCH3 is 1. The maximum absolute atomic E-state index is 14.0. The SMILES string of the molecule is CC[C@H]1OC(=O)[C@H](C)[C@@H](OC(=O)Cc2ccc([N+](=O)[O-])cc2)[C@H](C)[C@@H](O[C@@H]2O[C@H](C)C[C@H](N(C)C)[C@H]2O)[C@](C)(OC)C[C@@H](C)C(=O)[C@H](C)[C@@H](O)[C@]1(C)O. The van der Waals surface area contributed by atoms with E-state index in [9.17, 15) is 39.8 Å². The molecule has 0 amide bonds. The third-order valence-corrected chi connectivity index (χ3v) is 11.2. The third kappa shape index (κ3) is 10.2. The molecule has 0 aromatic heterocycles. The Morgan fingerprint density at radius 3 is 2.19 bits per heavy atom. The summed E-state index contributed by atoms with van der Waals surface area (Å²) in [4.78, 5) is 54.0. The topological polar surface area (TPSA) is 204 Å². The summed E-state index contributed by atoms with van der Waals surface area (Å²) in [5, 5.41) is 45.6. The van der Waals surface area contributed by atoms with Gasteiger partial charge >= 0.3 is 11.9 Å². The molecule has 15 heteroatoms. The molecule has 0 spiro atoms. The van der Waals surface area contributed by atoms with Crippen LogP contribution in [0.1, 0.15) is 80.2 Å². The highest BCUT2D eigenvalue weighted by Gasteiger charge is 2.53. The first-order valence-corrected chi connectivity index (χ1v) is 18.4. The van der Waals surface area contributed by atoms with Gasteiger partial charge < -0.3 is 43.9 Å². The van der Waals surface area contributed by atoms with Gasteiger partial charge in [0, 0.05) is 43.0 Å². The number of rotatable bonds is 9. The first-order chi connectivity index (χ1) is 24.6. The Balaban J connectivity index is 2.18. The molecule has 0 radical (unpaired) electrons. The van der Waals surface area contributed by atoms with Crippen molar-refractivity contribution in [2.24, 2.45) is 23.7 Å². The number of carbonyl (C=O) groups is 3. The van der Waals surface area contributed by atoms with Crippen molar-refractivity contribution >= 4 is 23.4 Å². The molecule has 2 fully saturated rings. The molecule has 0 aliphatic carbocycles. The molecule has 14 atom stereocenters. The molecule has 2 heterocycles. The van der Waals surface area contributed by atoms with Crippen LogP contribution >= 0.6 is 0 Å². The Kier molecular flexibility index (Phi) is 15.1. The number of hydrogen-bond donors (Lipinski definition) is 3. The van der Waals surface area contributed by atoms with Crippen molar-refractivity contribution in [2.45, 2.75) is 141 Å². The fraction of sp³-hybridized carbons (Fsp3) is 0.763. The number of nitrogens with zero attached hydrogens (tertiary/aromatic N) is 2. The van der Waals surface area contributed by atoms with Crippen LogP contribution in [0.4, 0.5) is 5.69 Å². The number of hydrogen-bond acceptors (Lipinski definition) is 14. The van der Waals surface area contributed by atoms with Gasteiger partial charge in [-0.3, -0.25) is 24.5 Å². The lowest BCUT2D eigenvalue weighted by atomic mass is 9.74. The summed E-state index contributed by atoms with van der Waals surface area (Å²) < 4.78 is 30.9. The second-order valence-corrected chi connectivity index (χ2v) is 15.6. The number of aliphatic hydroxyl groups excluding tert-OH is 2. The van der Waals surface area contributed by atoms with E-state index in [0.29, 0.717) is 12.0 Å². The largest absolute Gasteiger partial charge is 0.461 e. The van der Waals surface area contributed by atoms with Crippen molar-refractivity contribution in [3.63, 3.8) is 0 Å². The summed E-state index contributed by atoms with van der Waals surface area (Å²) >= 11 is 0. The Morgan fingerprint density at radius 2 is 1.66 bits per heavy atom. The predicted molar refractivity (Wildman–Crippen MR) is 192 cm³/mol. The van der Waals surface area contributed by atoms with Gasteiger partial charge in [0.25, 0.3) is 5.69 Å². The molecule has 3 N–H and O–H groups in total. The lowest BCUT2D eigenvalue weighted by molar-refractivity contribution is -0.384. The van der Waals surface area contributed by atoms with E-state index in [1.165, 1.54) is 52.1 Å². The maximum atomic E-state index is 14.0. The van der Waals surface area contributed by atoms with Crippen LogP contribution < -0.4 is 0 Å². The normalized spacial score (nSPS) is 39.2. The van der Waals surface area contributed by atoms with Gasteiger partial charge in [-0.15, -0.1) is 0 Å². The second kappa shape index (κ2) is 18.1. The molecule has 53 heavy (non-hydrogen) atoms. The zero-order chi connectivity index (χ0) is 40.2. The monoisotopic (exact) mass is 752 g/mol. The number of aliphatic hydroxyl groups is 3. The average molecular weight is 753 g/mol. The Hall–Kier alpha value is -3.05. The third-order valence-electron chi connectivity index (χ3n) is 11.2. The van der Waals surface area contributed by atoms with Crippen molar-refractivity contribution < 1.29 is 58.3 Å². The van der Waals surface area contributed by atoms with Crippen LogP contribution in [0.25, 0.3) is 0 Å². The van der Waals surface area contributed by atoms with E-state index in [0.717, 1.165) is 0 Å². The smallest absolute Gasteiger partial charge is 0.312 e. The van der Waals surface area contributed by atoms with Crippen molar-refractivity contribution in [3.8, 4) is 0 Å².